The SMILES string of the molecule is OC(c1ccc2c(c1)CCO2)c1ccccc1F. The molecule has 1 aliphatic heterocycles. The first-order valence-electron chi connectivity index (χ1n) is 5.94. The van der Waals surface area contributed by atoms with Gasteiger partial charge in [-0.3, -0.25) is 0 Å². The molecule has 0 bridgehead atoms. The Bertz CT molecular complexity index is 580. The lowest BCUT2D eigenvalue weighted by Crippen LogP contribution is -2.02. The average Bonchev–Trinajstić information content (AvgIpc) is 2.85. The summed E-state index contributed by atoms with van der Waals surface area (Å²) in [6.45, 7) is 0.675. The Morgan fingerprint density at radius 2 is 2.00 bits per heavy atom. The van der Waals surface area contributed by atoms with Crippen LogP contribution in [0.2, 0.25) is 0 Å². The molecule has 2 aromatic rings. The lowest BCUT2D eigenvalue weighted by atomic mass is 9.98. The number of benzene rings is 2. The molecular formula is C15H13FO2. The zero-order valence-corrected chi connectivity index (χ0v) is 9.77. The highest BCUT2D eigenvalue weighted by molar-refractivity contribution is 5.42. The molecule has 1 heterocycles. The number of hydrogen-bond donors (Lipinski definition) is 1. The van der Waals surface area contributed by atoms with Crippen molar-refractivity contribution in [3.63, 3.8) is 0 Å². The summed E-state index contributed by atoms with van der Waals surface area (Å²) in [4.78, 5) is 0. The van der Waals surface area contributed by atoms with Gasteiger partial charge in [0.05, 0.1) is 6.61 Å². The van der Waals surface area contributed by atoms with E-state index in [9.17, 15) is 9.50 Å². The monoisotopic (exact) mass is 244 g/mol. The largest absolute Gasteiger partial charge is 0.493 e. The van der Waals surface area contributed by atoms with E-state index in [2.05, 4.69) is 0 Å². The molecule has 0 spiro atoms. The van der Waals surface area contributed by atoms with Crippen molar-refractivity contribution in [3.8, 4) is 5.75 Å². The van der Waals surface area contributed by atoms with Crippen LogP contribution in [-0.2, 0) is 6.42 Å². The van der Waals surface area contributed by atoms with E-state index < -0.39 is 6.10 Å². The smallest absolute Gasteiger partial charge is 0.129 e. The van der Waals surface area contributed by atoms with Crippen LogP contribution in [0.1, 0.15) is 22.8 Å². The first-order valence-corrected chi connectivity index (χ1v) is 5.94. The average molecular weight is 244 g/mol. The Balaban J connectivity index is 1.98. The van der Waals surface area contributed by atoms with E-state index in [4.69, 9.17) is 4.74 Å². The second-order valence-electron chi connectivity index (χ2n) is 4.39. The van der Waals surface area contributed by atoms with Crippen LogP contribution in [0, 0.1) is 5.82 Å². The third kappa shape index (κ3) is 1.87. The predicted octanol–water partition coefficient (Wildman–Crippen LogP) is 2.84. The van der Waals surface area contributed by atoms with Crippen LogP contribution < -0.4 is 4.74 Å². The minimum Gasteiger partial charge on any atom is -0.493 e. The molecule has 0 radical (unpaired) electrons. The molecule has 1 N–H and O–H groups in total. The van der Waals surface area contributed by atoms with Gasteiger partial charge in [0.2, 0.25) is 0 Å². The minimum atomic E-state index is -0.933. The summed E-state index contributed by atoms with van der Waals surface area (Å²) in [5.74, 6) is 0.473. The second-order valence-corrected chi connectivity index (χ2v) is 4.39. The number of halogens is 1. The lowest BCUT2D eigenvalue weighted by molar-refractivity contribution is 0.215. The summed E-state index contributed by atoms with van der Waals surface area (Å²) in [5, 5.41) is 10.2. The van der Waals surface area contributed by atoms with E-state index in [1.165, 1.54) is 6.07 Å². The fourth-order valence-electron chi connectivity index (χ4n) is 2.25. The molecule has 3 heteroatoms. The van der Waals surface area contributed by atoms with E-state index >= 15 is 0 Å². The Hall–Kier alpha value is -1.87. The first kappa shape index (κ1) is 11.2. The van der Waals surface area contributed by atoms with Crippen LogP contribution in [0.4, 0.5) is 4.39 Å². The highest BCUT2D eigenvalue weighted by Gasteiger charge is 2.18. The Labute approximate surface area is 105 Å². The normalized spacial score (nSPS) is 15.0. The van der Waals surface area contributed by atoms with Crippen LogP contribution in [0.3, 0.4) is 0 Å². The summed E-state index contributed by atoms with van der Waals surface area (Å²) in [6.07, 6.45) is -0.0928. The van der Waals surface area contributed by atoms with Crippen molar-refractivity contribution in [1.29, 1.82) is 0 Å². The van der Waals surface area contributed by atoms with E-state index in [0.29, 0.717) is 17.7 Å². The molecule has 2 nitrogen and oxygen atoms in total. The summed E-state index contributed by atoms with van der Waals surface area (Å²) >= 11 is 0. The minimum absolute atomic E-state index is 0.302. The Kier molecular flexibility index (Phi) is 2.76. The molecule has 3 rings (SSSR count). The third-order valence-corrected chi connectivity index (χ3v) is 3.23. The third-order valence-electron chi connectivity index (χ3n) is 3.23. The molecule has 1 aliphatic rings. The van der Waals surface area contributed by atoms with Crippen molar-refractivity contribution in [2.75, 3.05) is 6.61 Å². The van der Waals surface area contributed by atoms with Crippen molar-refractivity contribution in [2.24, 2.45) is 0 Å². The summed E-state index contributed by atoms with van der Waals surface area (Å²) in [7, 11) is 0. The van der Waals surface area contributed by atoms with Gasteiger partial charge in [-0.1, -0.05) is 24.3 Å². The van der Waals surface area contributed by atoms with Gasteiger partial charge in [0, 0.05) is 12.0 Å². The zero-order chi connectivity index (χ0) is 12.5. The van der Waals surface area contributed by atoms with Gasteiger partial charge >= 0.3 is 0 Å². The molecule has 0 fully saturated rings. The van der Waals surface area contributed by atoms with Crippen LogP contribution >= 0.6 is 0 Å². The zero-order valence-electron chi connectivity index (χ0n) is 9.77. The van der Waals surface area contributed by atoms with E-state index in [0.717, 1.165) is 17.7 Å². The number of rotatable bonds is 2. The van der Waals surface area contributed by atoms with Crippen molar-refractivity contribution < 1.29 is 14.2 Å². The van der Waals surface area contributed by atoms with Crippen LogP contribution in [0.25, 0.3) is 0 Å². The van der Waals surface area contributed by atoms with Crippen molar-refractivity contribution in [2.45, 2.75) is 12.5 Å². The molecule has 0 saturated carbocycles. The lowest BCUT2D eigenvalue weighted by Gasteiger charge is -2.13. The van der Waals surface area contributed by atoms with Crippen molar-refractivity contribution in [1.82, 2.24) is 0 Å². The fourth-order valence-corrected chi connectivity index (χ4v) is 2.25. The molecule has 0 saturated heterocycles. The van der Waals surface area contributed by atoms with Crippen LogP contribution in [-0.4, -0.2) is 11.7 Å². The molecule has 0 aliphatic carbocycles. The highest BCUT2D eigenvalue weighted by atomic mass is 19.1. The molecule has 1 atom stereocenters. The van der Waals surface area contributed by atoms with Gasteiger partial charge in [-0.25, -0.2) is 4.39 Å². The maximum absolute atomic E-state index is 13.6. The fraction of sp³-hybridized carbons (Fsp3) is 0.200. The second kappa shape index (κ2) is 4.42. The van der Waals surface area contributed by atoms with Crippen molar-refractivity contribution in [3.05, 3.63) is 65.0 Å². The number of aliphatic hydroxyl groups is 1. The summed E-state index contributed by atoms with van der Waals surface area (Å²) in [6, 6.07) is 11.8. The van der Waals surface area contributed by atoms with Crippen LogP contribution in [0.5, 0.6) is 5.75 Å². The molecule has 0 amide bonds. The number of aliphatic hydroxyl groups excluding tert-OH is 1. The van der Waals surface area contributed by atoms with Gasteiger partial charge in [0.15, 0.2) is 0 Å². The number of fused-ring (bicyclic) bond motifs is 1. The van der Waals surface area contributed by atoms with Gasteiger partial charge in [-0.05, 0) is 29.3 Å². The Morgan fingerprint density at radius 1 is 1.17 bits per heavy atom. The summed E-state index contributed by atoms with van der Waals surface area (Å²) < 4.78 is 19.0. The highest BCUT2D eigenvalue weighted by Crippen LogP contribution is 2.31. The predicted molar refractivity (Wildman–Crippen MR) is 66.1 cm³/mol. The number of ether oxygens (including phenoxy) is 1. The van der Waals surface area contributed by atoms with E-state index in [-0.39, 0.29) is 5.82 Å². The van der Waals surface area contributed by atoms with Gasteiger partial charge in [-0.2, -0.15) is 0 Å². The standard InChI is InChI=1S/C15H13FO2/c16-13-4-2-1-3-12(13)15(17)11-5-6-14-10(9-11)7-8-18-14/h1-6,9,15,17H,7-8H2. The van der Waals surface area contributed by atoms with Gasteiger partial charge in [0.1, 0.15) is 17.7 Å². The van der Waals surface area contributed by atoms with E-state index in [1.54, 1.807) is 24.3 Å². The molecule has 2 aromatic carbocycles. The van der Waals surface area contributed by atoms with Gasteiger partial charge in [0.25, 0.3) is 0 Å². The molecule has 1 unspecified atom stereocenters. The molecular weight excluding hydrogens is 231 g/mol. The molecule has 0 aromatic heterocycles. The van der Waals surface area contributed by atoms with E-state index in [1.807, 2.05) is 12.1 Å². The molecule has 92 valence electrons. The maximum Gasteiger partial charge on any atom is 0.129 e. The number of hydrogen-bond acceptors (Lipinski definition) is 2. The quantitative estimate of drug-likeness (QED) is 0.880. The topological polar surface area (TPSA) is 29.5 Å². The first-order chi connectivity index (χ1) is 8.75. The van der Waals surface area contributed by atoms with Gasteiger partial charge < -0.3 is 9.84 Å². The maximum atomic E-state index is 13.6. The summed E-state index contributed by atoms with van der Waals surface area (Å²) in [5.41, 5.74) is 2.07. The molecule has 18 heavy (non-hydrogen) atoms. The van der Waals surface area contributed by atoms with Crippen molar-refractivity contribution >= 4 is 0 Å². The Morgan fingerprint density at radius 3 is 2.83 bits per heavy atom. The van der Waals surface area contributed by atoms with Gasteiger partial charge in [-0.15, -0.1) is 0 Å². The van der Waals surface area contributed by atoms with Crippen LogP contribution in [0.15, 0.2) is 42.5 Å².